The maximum absolute atomic E-state index is 11.9. The number of hydrogen-bond donors (Lipinski definition) is 2. The highest BCUT2D eigenvalue weighted by atomic mass is 16.5. The second kappa shape index (κ2) is 9.33. The molecule has 122 valence electrons. The van der Waals surface area contributed by atoms with Crippen LogP contribution in [0, 0.1) is 5.41 Å². The van der Waals surface area contributed by atoms with Crippen molar-refractivity contribution < 1.29 is 24.2 Å². The van der Waals surface area contributed by atoms with E-state index in [-0.39, 0.29) is 31.3 Å². The van der Waals surface area contributed by atoms with Gasteiger partial charge in [0, 0.05) is 32.0 Å². The predicted octanol–water partition coefficient (Wildman–Crippen LogP) is 0.488. The molecule has 0 radical (unpaired) electrons. The first-order valence-electron chi connectivity index (χ1n) is 6.95. The molecule has 0 aromatic heterocycles. The van der Waals surface area contributed by atoms with Gasteiger partial charge in [0.25, 0.3) is 0 Å². The number of amides is 2. The molecule has 0 bridgehead atoms. The van der Waals surface area contributed by atoms with Gasteiger partial charge in [-0.3, -0.25) is 14.4 Å². The van der Waals surface area contributed by atoms with Crippen molar-refractivity contribution in [3.8, 4) is 0 Å². The highest BCUT2D eigenvalue weighted by Gasteiger charge is 2.21. The summed E-state index contributed by atoms with van der Waals surface area (Å²) in [5, 5.41) is 11.5. The van der Waals surface area contributed by atoms with Crippen molar-refractivity contribution in [3.05, 3.63) is 0 Å². The minimum absolute atomic E-state index is 0.0725. The van der Waals surface area contributed by atoms with Crippen LogP contribution in [0.5, 0.6) is 0 Å². The van der Waals surface area contributed by atoms with Gasteiger partial charge in [-0.15, -0.1) is 0 Å². The largest absolute Gasteiger partial charge is 0.480 e. The fraction of sp³-hybridized carbons (Fsp3) is 0.786. The van der Waals surface area contributed by atoms with E-state index in [4.69, 9.17) is 9.84 Å². The second-order valence-corrected chi connectivity index (χ2v) is 5.81. The molecule has 0 spiro atoms. The van der Waals surface area contributed by atoms with Crippen molar-refractivity contribution in [2.45, 2.75) is 33.6 Å². The summed E-state index contributed by atoms with van der Waals surface area (Å²) < 4.78 is 4.85. The molecule has 0 aliphatic heterocycles. The molecule has 0 saturated heterocycles. The maximum Gasteiger partial charge on any atom is 0.323 e. The Bertz CT molecular complexity index is 363. The fourth-order valence-corrected chi connectivity index (χ4v) is 1.52. The van der Waals surface area contributed by atoms with E-state index in [2.05, 4.69) is 5.32 Å². The van der Waals surface area contributed by atoms with Crippen LogP contribution >= 0.6 is 0 Å². The van der Waals surface area contributed by atoms with Crippen LogP contribution in [0.15, 0.2) is 0 Å². The van der Waals surface area contributed by atoms with E-state index < -0.39 is 11.4 Å². The number of carbonyl (C=O) groups is 3. The van der Waals surface area contributed by atoms with Crippen LogP contribution in [0.2, 0.25) is 0 Å². The van der Waals surface area contributed by atoms with E-state index in [9.17, 15) is 14.4 Å². The molecule has 0 heterocycles. The lowest BCUT2D eigenvalue weighted by atomic mass is 9.96. The molecule has 0 aliphatic carbocycles. The predicted molar refractivity (Wildman–Crippen MR) is 77.8 cm³/mol. The molecule has 7 heteroatoms. The number of carboxylic acid groups (broad SMARTS) is 1. The number of nitrogens with zero attached hydrogens (tertiary/aromatic N) is 1. The Morgan fingerprint density at radius 3 is 2.33 bits per heavy atom. The lowest BCUT2D eigenvalue weighted by Gasteiger charge is -2.21. The van der Waals surface area contributed by atoms with Gasteiger partial charge in [-0.05, 0) is 6.42 Å². The average Bonchev–Trinajstić information content (AvgIpc) is 2.37. The number of rotatable bonds is 9. The molecule has 2 N–H and O–H groups in total. The molecule has 2 amide bonds. The van der Waals surface area contributed by atoms with Crippen molar-refractivity contribution in [3.63, 3.8) is 0 Å². The summed E-state index contributed by atoms with van der Waals surface area (Å²) in [6, 6.07) is 0. The highest BCUT2D eigenvalue weighted by Crippen LogP contribution is 2.12. The van der Waals surface area contributed by atoms with Crippen LogP contribution in [0.1, 0.15) is 33.6 Å². The van der Waals surface area contributed by atoms with Gasteiger partial charge in [-0.25, -0.2) is 0 Å². The van der Waals surface area contributed by atoms with Crippen LogP contribution in [0.25, 0.3) is 0 Å². The molecule has 0 unspecified atom stereocenters. The van der Waals surface area contributed by atoms with Crippen molar-refractivity contribution in [1.29, 1.82) is 0 Å². The average molecular weight is 302 g/mol. The molecule has 0 saturated carbocycles. The van der Waals surface area contributed by atoms with Crippen LogP contribution < -0.4 is 5.32 Å². The Hall–Kier alpha value is -1.63. The third kappa shape index (κ3) is 9.01. The van der Waals surface area contributed by atoms with Crippen LogP contribution in [0.4, 0.5) is 0 Å². The molecule has 0 aromatic rings. The molecule has 0 atom stereocenters. The summed E-state index contributed by atoms with van der Waals surface area (Å²) in [4.78, 5) is 35.5. The van der Waals surface area contributed by atoms with E-state index in [0.717, 1.165) is 0 Å². The maximum atomic E-state index is 11.9. The van der Waals surface area contributed by atoms with Crippen molar-refractivity contribution >= 4 is 17.8 Å². The molecule has 0 aliphatic rings. The summed E-state index contributed by atoms with van der Waals surface area (Å²) in [7, 11) is 1.49. The first-order valence-corrected chi connectivity index (χ1v) is 6.95. The fourth-order valence-electron chi connectivity index (χ4n) is 1.52. The topological polar surface area (TPSA) is 95.9 Å². The lowest BCUT2D eigenvalue weighted by Crippen LogP contribution is -2.39. The van der Waals surface area contributed by atoms with Crippen LogP contribution in [0.3, 0.4) is 0 Å². The molecular weight excluding hydrogens is 276 g/mol. The molecular formula is C14H26N2O5. The third-order valence-electron chi connectivity index (χ3n) is 2.78. The quantitative estimate of drug-likeness (QED) is 0.604. The Kier molecular flexibility index (Phi) is 8.61. The van der Waals surface area contributed by atoms with Gasteiger partial charge < -0.3 is 20.1 Å². The minimum atomic E-state index is -1.06. The summed E-state index contributed by atoms with van der Waals surface area (Å²) in [6.07, 6.45) is 0.672. The number of aliphatic carboxylic acids is 1. The van der Waals surface area contributed by atoms with Gasteiger partial charge in [-0.2, -0.15) is 0 Å². The highest BCUT2D eigenvalue weighted by molar-refractivity contribution is 5.82. The minimum Gasteiger partial charge on any atom is -0.480 e. The normalized spacial score (nSPS) is 11.0. The number of carboxylic acids is 1. The molecule has 0 aromatic carbocycles. The smallest absolute Gasteiger partial charge is 0.323 e. The van der Waals surface area contributed by atoms with Crippen LogP contribution in [-0.4, -0.2) is 61.1 Å². The Balaban J connectivity index is 4.13. The van der Waals surface area contributed by atoms with Gasteiger partial charge in [-0.1, -0.05) is 20.8 Å². The summed E-state index contributed by atoms with van der Waals surface area (Å²) in [5.74, 6) is -1.38. The summed E-state index contributed by atoms with van der Waals surface area (Å²) in [5.41, 5.74) is -0.460. The van der Waals surface area contributed by atoms with Crippen molar-refractivity contribution in [1.82, 2.24) is 10.2 Å². The van der Waals surface area contributed by atoms with E-state index >= 15 is 0 Å². The summed E-state index contributed by atoms with van der Waals surface area (Å²) in [6.45, 7) is 6.03. The zero-order valence-corrected chi connectivity index (χ0v) is 13.3. The van der Waals surface area contributed by atoms with E-state index in [0.29, 0.717) is 19.6 Å². The standard InChI is InChI=1S/C14H26N2O5/c1-14(2,3)13(20)15-7-5-6-11(17)16(8-9-21-4)10-12(18)19/h5-10H2,1-4H3,(H,15,20)(H,18,19). The zero-order valence-electron chi connectivity index (χ0n) is 13.3. The van der Waals surface area contributed by atoms with Crippen molar-refractivity contribution in [2.24, 2.45) is 5.41 Å². The molecule has 21 heavy (non-hydrogen) atoms. The van der Waals surface area contributed by atoms with Gasteiger partial charge in [0.15, 0.2) is 0 Å². The summed E-state index contributed by atoms with van der Waals surface area (Å²) >= 11 is 0. The number of methoxy groups -OCH3 is 1. The number of nitrogens with one attached hydrogen (secondary N) is 1. The van der Waals surface area contributed by atoms with Gasteiger partial charge >= 0.3 is 5.97 Å². The second-order valence-electron chi connectivity index (χ2n) is 5.81. The van der Waals surface area contributed by atoms with E-state index in [1.165, 1.54) is 12.0 Å². The van der Waals surface area contributed by atoms with Gasteiger partial charge in [0.05, 0.1) is 6.61 Å². The Morgan fingerprint density at radius 2 is 1.86 bits per heavy atom. The number of hydrogen-bond acceptors (Lipinski definition) is 4. The van der Waals surface area contributed by atoms with Crippen molar-refractivity contribution in [2.75, 3.05) is 33.4 Å². The third-order valence-corrected chi connectivity index (χ3v) is 2.78. The Morgan fingerprint density at radius 1 is 1.24 bits per heavy atom. The first kappa shape index (κ1) is 19.4. The first-order chi connectivity index (χ1) is 9.68. The zero-order chi connectivity index (χ0) is 16.5. The molecule has 0 rings (SSSR count). The van der Waals surface area contributed by atoms with Gasteiger partial charge in [0.2, 0.25) is 11.8 Å². The molecule has 0 fully saturated rings. The SMILES string of the molecule is COCCN(CC(=O)O)C(=O)CCCNC(=O)C(C)(C)C. The Labute approximate surface area is 125 Å². The lowest BCUT2D eigenvalue weighted by molar-refractivity contribution is -0.144. The van der Waals surface area contributed by atoms with E-state index in [1.807, 2.05) is 20.8 Å². The molecule has 7 nitrogen and oxygen atoms in total. The van der Waals surface area contributed by atoms with Crippen LogP contribution in [-0.2, 0) is 19.1 Å². The monoisotopic (exact) mass is 302 g/mol. The number of ether oxygens (including phenoxy) is 1. The van der Waals surface area contributed by atoms with Gasteiger partial charge in [0.1, 0.15) is 6.54 Å². The number of carbonyl (C=O) groups excluding carboxylic acids is 2. The van der Waals surface area contributed by atoms with E-state index in [1.54, 1.807) is 0 Å².